The third-order valence-corrected chi connectivity index (χ3v) is 4.49. The van der Waals surface area contributed by atoms with Gasteiger partial charge in [0.15, 0.2) is 0 Å². The number of nitrogens with one attached hydrogen (secondary N) is 1. The average Bonchev–Trinajstić information content (AvgIpc) is 2.73. The van der Waals surface area contributed by atoms with Crippen LogP contribution >= 0.6 is 0 Å². The Hall–Kier alpha value is -3.68. The Balaban J connectivity index is 1.93. The summed E-state index contributed by atoms with van der Waals surface area (Å²) < 4.78 is 5.15. The molecular weight excluding hydrogens is 370 g/mol. The number of aryl methyl sites for hydroxylation is 1. The van der Waals surface area contributed by atoms with Crippen LogP contribution in [0, 0.1) is 17.0 Å². The summed E-state index contributed by atoms with van der Waals surface area (Å²) >= 11 is 0. The molecule has 0 amide bonds. The molecule has 1 aromatic heterocycles. The van der Waals surface area contributed by atoms with Crippen LogP contribution < -0.4 is 15.0 Å². The lowest BCUT2D eigenvalue weighted by atomic mass is 10.2. The summed E-state index contributed by atoms with van der Waals surface area (Å²) in [6, 6.07) is 15.2. The minimum absolute atomic E-state index is 0.149. The lowest BCUT2D eigenvalue weighted by Gasteiger charge is -2.22. The van der Waals surface area contributed by atoms with Gasteiger partial charge in [-0.15, -0.1) is 0 Å². The van der Waals surface area contributed by atoms with Crippen LogP contribution in [0.2, 0.25) is 0 Å². The maximum atomic E-state index is 11.9. The second-order valence-electron chi connectivity index (χ2n) is 6.44. The van der Waals surface area contributed by atoms with Crippen LogP contribution in [-0.4, -0.2) is 28.5 Å². The summed E-state index contributed by atoms with van der Waals surface area (Å²) in [5.41, 5.74) is 2.71. The van der Waals surface area contributed by atoms with Crippen molar-refractivity contribution in [1.82, 2.24) is 9.97 Å². The van der Waals surface area contributed by atoms with Crippen LogP contribution in [-0.2, 0) is 6.54 Å². The Bertz CT molecular complexity index is 992. The van der Waals surface area contributed by atoms with Crippen molar-refractivity contribution in [2.24, 2.45) is 0 Å². The first-order valence-electron chi connectivity index (χ1n) is 9.24. The number of methoxy groups -OCH3 is 1. The van der Waals surface area contributed by atoms with E-state index >= 15 is 0 Å². The van der Waals surface area contributed by atoms with Crippen molar-refractivity contribution in [2.45, 2.75) is 20.4 Å². The molecule has 0 bridgehead atoms. The Labute approximate surface area is 169 Å². The van der Waals surface area contributed by atoms with Crippen molar-refractivity contribution < 1.29 is 9.66 Å². The Kier molecular flexibility index (Phi) is 6.23. The number of benzene rings is 2. The van der Waals surface area contributed by atoms with E-state index in [1.54, 1.807) is 7.11 Å². The highest BCUT2D eigenvalue weighted by molar-refractivity contribution is 5.75. The molecule has 150 valence electrons. The van der Waals surface area contributed by atoms with Crippen LogP contribution in [0.4, 0.5) is 23.0 Å². The molecule has 0 spiro atoms. The molecule has 0 atom stereocenters. The molecule has 0 fully saturated rings. The molecule has 1 heterocycles. The lowest BCUT2D eigenvalue weighted by Crippen LogP contribution is -2.20. The SMILES string of the molecule is CCN(c1cccc(C)c1)c1ncnc(NCc2ccc(OC)cc2)c1[N+](=O)[O-]. The maximum Gasteiger partial charge on any atom is 0.353 e. The van der Waals surface area contributed by atoms with Crippen LogP contribution in [0.3, 0.4) is 0 Å². The summed E-state index contributed by atoms with van der Waals surface area (Å²) in [4.78, 5) is 21.6. The largest absolute Gasteiger partial charge is 0.497 e. The third kappa shape index (κ3) is 4.60. The van der Waals surface area contributed by atoms with E-state index in [0.29, 0.717) is 13.1 Å². The van der Waals surface area contributed by atoms with Gasteiger partial charge in [-0.2, -0.15) is 0 Å². The van der Waals surface area contributed by atoms with E-state index in [1.807, 2.05) is 67.3 Å². The lowest BCUT2D eigenvalue weighted by molar-refractivity contribution is -0.383. The fourth-order valence-electron chi connectivity index (χ4n) is 3.04. The fourth-order valence-corrected chi connectivity index (χ4v) is 3.04. The monoisotopic (exact) mass is 393 g/mol. The van der Waals surface area contributed by atoms with Crippen molar-refractivity contribution in [3.63, 3.8) is 0 Å². The maximum absolute atomic E-state index is 11.9. The molecule has 2 aromatic carbocycles. The fraction of sp³-hybridized carbons (Fsp3) is 0.238. The van der Waals surface area contributed by atoms with Crippen LogP contribution in [0.25, 0.3) is 0 Å². The minimum atomic E-state index is -0.440. The molecule has 29 heavy (non-hydrogen) atoms. The molecule has 8 heteroatoms. The van der Waals surface area contributed by atoms with Gasteiger partial charge < -0.3 is 15.0 Å². The first-order chi connectivity index (χ1) is 14.0. The van der Waals surface area contributed by atoms with Crippen molar-refractivity contribution in [2.75, 3.05) is 23.9 Å². The molecule has 0 saturated carbocycles. The zero-order valence-corrected chi connectivity index (χ0v) is 16.6. The quantitative estimate of drug-likeness (QED) is 0.446. The number of rotatable bonds is 8. The highest BCUT2D eigenvalue weighted by atomic mass is 16.6. The van der Waals surface area contributed by atoms with Crippen LogP contribution in [0.1, 0.15) is 18.1 Å². The summed E-state index contributed by atoms with van der Waals surface area (Å²) in [6.07, 6.45) is 1.34. The van der Waals surface area contributed by atoms with E-state index in [-0.39, 0.29) is 17.3 Å². The van der Waals surface area contributed by atoms with Crippen molar-refractivity contribution >= 4 is 23.0 Å². The number of hydrogen-bond donors (Lipinski definition) is 1. The second kappa shape index (κ2) is 9.01. The predicted octanol–water partition coefficient (Wildman–Crippen LogP) is 4.47. The van der Waals surface area contributed by atoms with E-state index in [1.165, 1.54) is 6.33 Å². The van der Waals surface area contributed by atoms with Crippen molar-refractivity contribution in [3.05, 3.63) is 76.1 Å². The normalized spacial score (nSPS) is 10.4. The number of nitro groups is 1. The topological polar surface area (TPSA) is 93.4 Å². The number of ether oxygens (including phenoxy) is 1. The van der Waals surface area contributed by atoms with E-state index in [9.17, 15) is 10.1 Å². The molecule has 1 N–H and O–H groups in total. The van der Waals surface area contributed by atoms with Crippen molar-refractivity contribution in [3.8, 4) is 5.75 Å². The summed E-state index contributed by atoms with van der Waals surface area (Å²) in [6.45, 7) is 4.82. The van der Waals surface area contributed by atoms with Crippen molar-refractivity contribution in [1.29, 1.82) is 0 Å². The van der Waals surface area contributed by atoms with E-state index < -0.39 is 4.92 Å². The molecule has 0 saturated heterocycles. The molecule has 0 aliphatic carbocycles. The van der Waals surface area contributed by atoms with Gasteiger partial charge in [0.1, 0.15) is 12.1 Å². The molecule has 0 unspecified atom stereocenters. The number of nitrogens with zero attached hydrogens (tertiary/aromatic N) is 4. The smallest absolute Gasteiger partial charge is 0.353 e. The number of aromatic nitrogens is 2. The zero-order valence-electron chi connectivity index (χ0n) is 16.6. The highest BCUT2D eigenvalue weighted by Crippen LogP contribution is 2.36. The Morgan fingerprint density at radius 2 is 1.93 bits per heavy atom. The van der Waals surface area contributed by atoms with Crippen LogP contribution in [0.15, 0.2) is 54.9 Å². The molecule has 3 rings (SSSR count). The minimum Gasteiger partial charge on any atom is -0.497 e. The molecule has 0 aliphatic rings. The predicted molar refractivity (Wildman–Crippen MR) is 113 cm³/mol. The highest BCUT2D eigenvalue weighted by Gasteiger charge is 2.27. The van der Waals surface area contributed by atoms with Gasteiger partial charge in [-0.1, -0.05) is 24.3 Å². The average molecular weight is 393 g/mol. The molecule has 8 nitrogen and oxygen atoms in total. The van der Waals surface area contributed by atoms with Gasteiger partial charge in [-0.05, 0) is 49.2 Å². The van der Waals surface area contributed by atoms with Gasteiger partial charge in [0.2, 0.25) is 11.6 Å². The third-order valence-electron chi connectivity index (χ3n) is 4.49. The van der Waals surface area contributed by atoms with Gasteiger partial charge in [0, 0.05) is 18.8 Å². The molecule has 0 aliphatic heterocycles. The summed E-state index contributed by atoms with van der Waals surface area (Å²) in [5, 5.41) is 15.0. The van der Waals surface area contributed by atoms with E-state index in [2.05, 4.69) is 15.3 Å². The van der Waals surface area contributed by atoms with E-state index in [0.717, 1.165) is 22.6 Å². The summed E-state index contributed by atoms with van der Waals surface area (Å²) in [7, 11) is 1.60. The van der Waals surface area contributed by atoms with Gasteiger partial charge in [-0.3, -0.25) is 10.1 Å². The van der Waals surface area contributed by atoms with Gasteiger partial charge in [0.25, 0.3) is 0 Å². The second-order valence-corrected chi connectivity index (χ2v) is 6.44. The van der Waals surface area contributed by atoms with Gasteiger partial charge in [0.05, 0.1) is 12.0 Å². The zero-order chi connectivity index (χ0) is 20.8. The molecular formula is C21H23N5O3. The number of anilines is 3. The van der Waals surface area contributed by atoms with Gasteiger partial charge >= 0.3 is 5.69 Å². The molecule has 0 radical (unpaired) electrons. The first-order valence-corrected chi connectivity index (χ1v) is 9.24. The van der Waals surface area contributed by atoms with Crippen LogP contribution in [0.5, 0.6) is 5.75 Å². The Morgan fingerprint density at radius 1 is 1.17 bits per heavy atom. The summed E-state index contributed by atoms with van der Waals surface area (Å²) in [5.74, 6) is 1.19. The van der Waals surface area contributed by atoms with Gasteiger partial charge in [-0.25, -0.2) is 9.97 Å². The number of hydrogen-bond acceptors (Lipinski definition) is 7. The molecule has 3 aromatic rings. The van der Waals surface area contributed by atoms with E-state index in [4.69, 9.17) is 4.74 Å². The Morgan fingerprint density at radius 3 is 2.55 bits per heavy atom. The first kappa shape index (κ1) is 20.1. The standard InChI is InChI=1S/C21H23N5O3/c1-4-25(17-7-5-6-15(2)12-17)21-19(26(27)28)20(23-14-24-21)22-13-16-8-10-18(29-3)11-9-16/h5-12,14H,4,13H2,1-3H3,(H,22,23,24).